The zero-order valence-corrected chi connectivity index (χ0v) is 13.4. The van der Waals surface area contributed by atoms with Gasteiger partial charge in [-0.05, 0) is 45.5 Å². The summed E-state index contributed by atoms with van der Waals surface area (Å²) < 4.78 is 2.23. The monoisotopic (exact) mass is 289 g/mol. The van der Waals surface area contributed by atoms with Crippen LogP contribution in [0.25, 0.3) is 0 Å². The molecule has 0 saturated heterocycles. The Labute approximate surface area is 125 Å². The first-order chi connectivity index (χ1) is 9.61. The Kier molecular flexibility index (Phi) is 5.26. The van der Waals surface area contributed by atoms with Crippen LogP contribution in [0, 0.1) is 0 Å². The summed E-state index contributed by atoms with van der Waals surface area (Å²) in [7, 11) is 1.99. The molecule has 2 aromatic rings. The lowest BCUT2D eigenvalue weighted by Gasteiger charge is -2.12. The largest absolute Gasteiger partial charge is 0.331 e. The highest BCUT2D eigenvalue weighted by Gasteiger charge is 2.06. The Hall–Kier alpha value is -1.26. The van der Waals surface area contributed by atoms with E-state index < -0.39 is 0 Å². The van der Waals surface area contributed by atoms with Gasteiger partial charge in [0, 0.05) is 34.6 Å². The molecular weight excluding hydrogens is 266 g/mol. The average Bonchev–Trinajstić information content (AvgIpc) is 2.93. The summed E-state index contributed by atoms with van der Waals surface area (Å²) in [5, 5.41) is 3.26. The van der Waals surface area contributed by atoms with Crippen molar-refractivity contribution in [3.05, 3.63) is 48.0 Å². The van der Waals surface area contributed by atoms with Crippen molar-refractivity contribution >= 4 is 11.8 Å². The summed E-state index contributed by atoms with van der Waals surface area (Å²) in [6.07, 6.45) is 3.88. The van der Waals surface area contributed by atoms with Gasteiger partial charge in [0.2, 0.25) is 0 Å². The third-order valence-corrected chi connectivity index (χ3v) is 4.55. The second kappa shape index (κ2) is 6.95. The molecule has 0 saturated carbocycles. The van der Waals surface area contributed by atoms with Gasteiger partial charge in [0.15, 0.2) is 0 Å². The van der Waals surface area contributed by atoms with Crippen LogP contribution in [-0.4, -0.2) is 16.6 Å². The van der Waals surface area contributed by atoms with Gasteiger partial charge in [0.05, 0.1) is 6.33 Å². The Bertz CT molecular complexity index is 531. The van der Waals surface area contributed by atoms with Crippen molar-refractivity contribution in [3.8, 4) is 0 Å². The second-order valence-corrected chi connectivity index (χ2v) is 6.30. The van der Waals surface area contributed by atoms with E-state index in [2.05, 4.69) is 59.9 Å². The van der Waals surface area contributed by atoms with Crippen molar-refractivity contribution in [1.29, 1.82) is 0 Å². The number of benzene rings is 1. The van der Waals surface area contributed by atoms with Crippen LogP contribution < -0.4 is 5.32 Å². The quantitative estimate of drug-likeness (QED) is 0.814. The number of hydrogen-bond acceptors (Lipinski definition) is 3. The first-order valence-corrected chi connectivity index (χ1v) is 8.01. The SMILES string of the molecule is CNC(C)c1ccc(SCc2cncn2C(C)C)cc1. The molecule has 4 heteroatoms. The van der Waals surface area contributed by atoms with Gasteiger partial charge >= 0.3 is 0 Å². The number of hydrogen-bond donors (Lipinski definition) is 1. The van der Waals surface area contributed by atoms with Crippen LogP contribution in [0.4, 0.5) is 0 Å². The molecule has 0 spiro atoms. The Morgan fingerprint density at radius 3 is 2.50 bits per heavy atom. The molecule has 1 aromatic carbocycles. The third-order valence-electron chi connectivity index (χ3n) is 3.50. The van der Waals surface area contributed by atoms with Crippen LogP contribution in [0.1, 0.15) is 44.1 Å². The van der Waals surface area contributed by atoms with Crippen molar-refractivity contribution in [2.45, 2.75) is 43.5 Å². The van der Waals surface area contributed by atoms with Crippen LogP contribution in [-0.2, 0) is 5.75 Å². The number of aromatic nitrogens is 2. The summed E-state index contributed by atoms with van der Waals surface area (Å²) in [6, 6.07) is 9.66. The Morgan fingerprint density at radius 1 is 1.20 bits per heavy atom. The van der Waals surface area contributed by atoms with Gasteiger partial charge in [0.25, 0.3) is 0 Å². The second-order valence-electron chi connectivity index (χ2n) is 5.25. The van der Waals surface area contributed by atoms with Gasteiger partial charge < -0.3 is 9.88 Å². The molecule has 0 bridgehead atoms. The lowest BCUT2D eigenvalue weighted by atomic mass is 10.1. The van der Waals surface area contributed by atoms with Gasteiger partial charge in [-0.3, -0.25) is 0 Å². The van der Waals surface area contributed by atoms with E-state index in [0.29, 0.717) is 12.1 Å². The molecule has 0 fully saturated rings. The molecule has 0 aliphatic carbocycles. The third kappa shape index (κ3) is 3.64. The Balaban J connectivity index is 1.99. The van der Waals surface area contributed by atoms with E-state index in [9.17, 15) is 0 Å². The van der Waals surface area contributed by atoms with E-state index in [1.54, 1.807) is 0 Å². The Morgan fingerprint density at radius 2 is 1.90 bits per heavy atom. The topological polar surface area (TPSA) is 29.9 Å². The maximum atomic E-state index is 4.25. The molecule has 0 aliphatic heterocycles. The normalized spacial score (nSPS) is 12.8. The molecule has 0 amide bonds. The predicted molar refractivity (Wildman–Crippen MR) is 86.1 cm³/mol. The van der Waals surface area contributed by atoms with Crippen LogP contribution in [0.2, 0.25) is 0 Å². The maximum Gasteiger partial charge on any atom is 0.0950 e. The zero-order chi connectivity index (χ0) is 14.5. The average molecular weight is 289 g/mol. The minimum atomic E-state index is 0.399. The van der Waals surface area contributed by atoms with E-state index in [1.165, 1.54) is 16.2 Å². The molecule has 0 aliphatic rings. The van der Waals surface area contributed by atoms with Crippen LogP contribution in [0.3, 0.4) is 0 Å². The molecular formula is C16H23N3S. The van der Waals surface area contributed by atoms with E-state index >= 15 is 0 Å². The van der Waals surface area contributed by atoms with Crippen molar-refractivity contribution in [2.24, 2.45) is 0 Å². The van der Waals surface area contributed by atoms with E-state index in [4.69, 9.17) is 0 Å². The zero-order valence-electron chi connectivity index (χ0n) is 12.6. The summed E-state index contributed by atoms with van der Waals surface area (Å²) in [5.74, 6) is 0.957. The molecule has 1 heterocycles. The summed E-state index contributed by atoms with van der Waals surface area (Å²) in [6.45, 7) is 6.54. The first-order valence-electron chi connectivity index (χ1n) is 7.02. The van der Waals surface area contributed by atoms with Crippen LogP contribution >= 0.6 is 11.8 Å². The molecule has 3 nitrogen and oxygen atoms in total. The van der Waals surface area contributed by atoms with Crippen molar-refractivity contribution < 1.29 is 0 Å². The minimum absolute atomic E-state index is 0.399. The lowest BCUT2D eigenvalue weighted by Crippen LogP contribution is -2.11. The van der Waals surface area contributed by atoms with Gasteiger partial charge in [-0.15, -0.1) is 11.8 Å². The molecule has 20 heavy (non-hydrogen) atoms. The van der Waals surface area contributed by atoms with Crippen LogP contribution in [0.15, 0.2) is 41.7 Å². The standard InChI is InChI=1S/C16H23N3S/c1-12(2)19-11-18-9-15(19)10-20-16-7-5-14(6-8-16)13(3)17-4/h5-9,11-13,17H,10H2,1-4H3. The summed E-state index contributed by atoms with van der Waals surface area (Å²) in [4.78, 5) is 5.55. The maximum absolute atomic E-state index is 4.25. The highest BCUT2D eigenvalue weighted by atomic mass is 32.2. The van der Waals surface area contributed by atoms with Gasteiger partial charge in [-0.1, -0.05) is 12.1 Å². The van der Waals surface area contributed by atoms with E-state index in [-0.39, 0.29) is 0 Å². The highest BCUT2D eigenvalue weighted by molar-refractivity contribution is 7.98. The molecule has 108 valence electrons. The predicted octanol–water partition coefficient (Wildman–Crippen LogP) is 4.04. The lowest BCUT2D eigenvalue weighted by molar-refractivity contribution is 0.584. The highest BCUT2D eigenvalue weighted by Crippen LogP contribution is 2.25. The van der Waals surface area contributed by atoms with Crippen molar-refractivity contribution in [3.63, 3.8) is 0 Å². The molecule has 1 aromatic heterocycles. The first kappa shape index (κ1) is 15.1. The fraction of sp³-hybridized carbons (Fsp3) is 0.438. The van der Waals surface area contributed by atoms with E-state index in [0.717, 1.165) is 5.75 Å². The van der Waals surface area contributed by atoms with Gasteiger partial charge in [-0.2, -0.15) is 0 Å². The number of nitrogens with one attached hydrogen (secondary N) is 1. The number of rotatable bonds is 6. The molecule has 0 radical (unpaired) electrons. The number of thioether (sulfide) groups is 1. The molecule has 1 atom stereocenters. The molecule has 1 N–H and O–H groups in total. The summed E-state index contributed by atoms with van der Waals surface area (Å²) >= 11 is 1.86. The number of imidazole rings is 1. The van der Waals surface area contributed by atoms with Crippen LogP contribution in [0.5, 0.6) is 0 Å². The smallest absolute Gasteiger partial charge is 0.0950 e. The van der Waals surface area contributed by atoms with Gasteiger partial charge in [0.1, 0.15) is 0 Å². The van der Waals surface area contributed by atoms with Gasteiger partial charge in [-0.25, -0.2) is 4.98 Å². The van der Waals surface area contributed by atoms with Crippen molar-refractivity contribution in [1.82, 2.24) is 14.9 Å². The molecule has 2 rings (SSSR count). The fourth-order valence-electron chi connectivity index (χ4n) is 2.09. The summed E-state index contributed by atoms with van der Waals surface area (Å²) in [5.41, 5.74) is 2.60. The van der Waals surface area contributed by atoms with E-state index in [1.807, 2.05) is 31.3 Å². The fourth-order valence-corrected chi connectivity index (χ4v) is 2.95. The minimum Gasteiger partial charge on any atom is -0.331 e. The molecule has 1 unspecified atom stereocenters. The number of nitrogens with zero attached hydrogens (tertiary/aromatic N) is 2. The van der Waals surface area contributed by atoms with Crippen molar-refractivity contribution in [2.75, 3.05) is 7.05 Å².